The van der Waals surface area contributed by atoms with Crippen molar-refractivity contribution in [2.24, 2.45) is 4.99 Å². The van der Waals surface area contributed by atoms with Crippen LogP contribution in [-0.2, 0) is 16.6 Å². The maximum atomic E-state index is 12.6. The summed E-state index contributed by atoms with van der Waals surface area (Å²) in [6.07, 6.45) is -0.0722. The highest BCUT2D eigenvalue weighted by atomic mass is 127. The van der Waals surface area contributed by atoms with E-state index in [1.54, 1.807) is 18.2 Å². The van der Waals surface area contributed by atoms with Gasteiger partial charge in [0.2, 0.25) is 10.0 Å². The van der Waals surface area contributed by atoms with Gasteiger partial charge in [-0.05, 0) is 50.1 Å². The Hall–Kier alpha value is -1.85. The van der Waals surface area contributed by atoms with Crippen LogP contribution in [0.4, 0.5) is 0 Å². The van der Waals surface area contributed by atoms with Crippen LogP contribution in [0.5, 0.6) is 5.75 Å². The van der Waals surface area contributed by atoms with E-state index in [0.29, 0.717) is 24.6 Å². The SMILES string of the molecule is CCNC(=NCc1ccccc1S(=O)(=O)N(C)C)NCC(C)Oc1cccc(C)c1.I. The fourth-order valence-corrected chi connectivity index (χ4v) is 3.90. The monoisotopic (exact) mass is 560 g/mol. The van der Waals surface area contributed by atoms with E-state index in [2.05, 4.69) is 15.6 Å². The zero-order chi connectivity index (χ0) is 22.1. The molecule has 0 aromatic heterocycles. The van der Waals surface area contributed by atoms with Gasteiger partial charge in [-0.15, -0.1) is 24.0 Å². The van der Waals surface area contributed by atoms with E-state index in [4.69, 9.17) is 4.74 Å². The summed E-state index contributed by atoms with van der Waals surface area (Å²) in [6.45, 7) is 7.48. The van der Waals surface area contributed by atoms with Crippen molar-refractivity contribution >= 4 is 40.0 Å². The number of halogens is 1. The highest BCUT2D eigenvalue weighted by molar-refractivity contribution is 14.0. The Morgan fingerprint density at radius 1 is 1.13 bits per heavy atom. The highest BCUT2D eigenvalue weighted by Gasteiger charge is 2.20. The molecular formula is C22H33IN4O3S. The fraction of sp³-hybridized carbons (Fsp3) is 0.409. The molecule has 1 atom stereocenters. The third kappa shape index (κ3) is 8.30. The second kappa shape index (κ2) is 12.9. The maximum absolute atomic E-state index is 12.6. The number of nitrogens with zero attached hydrogens (tertiary/aromatic N) is 2. The van der Waals surface area contributed by atoms with Gasteiger partial charge >= 0.3 is 0 Å². The normalized spacial score (nSPS) is 12.8. The summed E-state index contributed by atoms with van der Waals surface area (Å²) in [6, 6.07) is 14.9. The minimum Gasteiger partial charge on any atom is -0.489 e. The summed E-state index contributed by atoms with van der Waals surface area (Å²) in [5.74, 6) is 1.43. The number of ether oxygens (including phenoxy) is 1. The molecule has 0 aliphatic carbocycles. The van der Waals surface area contributed by atoms with Crippen LogP contribution in [0.25, 0.3) is 0 Å². The van der Waals surface area contributed by atoms with Crippen molar-refractivity contribution in [2.75, 3.05) is 27.2 Å². The Morgan fingerprint density at radius 2 is 1.84 bits per heavy atom. The lowest BCUT2D eigenvalue weighted by Gasteiger charge is -2.18. The molecular weight excluding hydrogens is 527 g/mol. The van der Waals surface area contributed by atoms with E-state index in [9.17, 15) is 8.42 Å². The molecule has 31 heavy (non-hydrogen) atoms. The molecule has 2 N–H and O–H groups in total. The quantitative estimate of drug-likeness (QED) is 0.279. The summed E-state index contributed by atoms with van der Waals surface area (Å²) < 4.78 is 32.3. The van der Waals surface area contributed by atoms with Crippen molar-refractivity contribution in [1.82, 2.24) is 14.9 Å². The van der Waals surface area contributed by atoms with Gasteiger partial charge in [0.15, 0.2) is 5.96 Å². The number of benzene rings is 2. The molecule has 0 spiro atoms. The predicted octanol–water partition coefficient (Wildman–Crippen LogP) is 3.39. The van der Waals surface area contributed by atoms with Crippen molar-refractivity contribution in [1.29, 1.82) is 0 Å². The molecule has 0 aliphatic rings. The zero-order valence-corrected chi connectivity index (χ0v) is 21.9. The minimum absolute atomic E-state index is 0. The number of rotatable bonds is 9. The van der Waals surface area contributed by atoms with E-state index in [-0.39, 0.29) is 41.5 Å². The Balaban J connectivity index is 0.00000480. The lowest BCUT2D eigenvalue weighted by Crippen LogP contribution is -2.41. The molecule has 9 heteroatoms. The molecule has 2 aromatic rings. The molecule has 0 amide bonds. The topological polar surface area (TPSA) is 83.0 Å². The third-order valence-electron chi connectivity index (χ3n) is 4.37. The van der Waals surface area contributed by atoms with Crippen molar-refractivity contribution in [3.63, 3.8) is 0 Å². The van der Waals surface area contributed by atoms with Crippen LogP contribution >= 0.6 is 24.0 Å². The van der Waals surface area contributed by atoms with E-state index in [1.165, 1.54) is 18.4 Å². The van der Waals surface area contributed by atoms with Crippen LogP contribution in [0, 0.1) is 6.92 Å². The average Bonchev–Trinajstić information content (AvgIpc) is 2.70. The van der Waals surface area contributed by atoms with Gasteiger partial charge < -0.3 is 15.4 Å². The first-order valence-electron chi connectivity index (χ1n) is 10.00. The second-order valence-electron chi connectivity index (χ2n) is 7.22. The summed E-state index contributed by atoms with van der Waals surface area (Å²) in [7, 11) is -0.479. The Labute approximate surface area is 203 Å². The van der Waals surface area contributed by atoms with Gasteiger partial charge in [0.1, 0.15) is 11.9 Å². The van der Waals surface area contributed by atoms with Gasteiger partial charge in [-0.25, -0.2) is 17.7 Å². The van der Waals surface area contributed by atoms with E-state index >= 15 is 0 Å². The van der Waals surface area contributed by atoms with Gasteiger partial charge in [-0.3, -0.25) is 0 Å². The van der Waals surface area contributed by atoms with Crippen molar-refractivity contribution < 1.29 is 13.2 Å². The first-order chi connectivity index (χ1) is 14.2. The molecule has 2 rings (SSSR count). The predicted molar refractivity (Wildman–Crippen MR) is 137 cm³/mol. The van der Waals surface area contributed by atoms with E-state index < -0.39 is 10.0 Å². The van der Waals surface area contributed by atoms with Crippen LogP contribution in [-0.4, -0.2) is 52.0 Å². The van der Waals surface area contributed by atoms with Crippen LogP contribution in [0.15, 0.2) is 58.4 Å². The van der Waals surface area contributed by atoms with Crippen molar-refractivity contribution in [3.8, 4) is 5.75 Å². The molecule has 0 heterocycles. The lowest BCUT2D eigenvalue weighted by molar-refractivity contribution is 0.223. The summed E-state index contributed by atoms with van der Waals surface area (Å²) >= 11 is 0. The summed E-state index contributed by atoms with van der Waals surface area (Å²) in [5, 5.41) is 6.45. The molecule has 0 bridgehead atoms. The van der Waals surface area contributed by atoms with Crippen LogP contribution < -0.4 is 15.4 Å². The molecule has 0 saturated carbocycles. The Kier molecular flexibility index (Phi) is 11.3. The molecule has 172 valence electrons. The van der Waals surface area contributed by atoms with Crippen molar-refractivity contribution in [2.45, 2.75) is 38.3 Å². The lowest BCUT2D eigenvalue weighted by atomic mass is 10.2. The van der Waals surface area contributed by atoms with Crippen molar-refractivity contribution in [3.05, 3.63) is 59.7 Å². The molecule has 7 nitrogen and oxygen atoms in total. The first-order valence-corrected chi connectivity index (χ1v) is 11.4. The smallest absolute Gasteiger partial charge is 0.242 e. The maximum Gasteiger partial charge on any atom is 0.242 e. The van der Waals surface area contributed by atoms with Gasteiger partial charge in [-0.2, -0.15) is 0 Å². The number of aryl methyl sites for hydroxylation is 1. The molecule has 0 fully saturated rings. The molecule has 2 aromatic carbocycles. The average molecular weight is 561 g/mol. The van der Waals surface area contributed by atoms with E-state index in [0.717, 1.165) is 11.3 Å². The standard InChI is InChI=1S/C22H32N4O3S.HI/c1-6-23-22(24-15-18(3)29-20-12-9-10-17(2)14-20)25-16-19-11-7-8-13-21(19)30(27,28)26(4)5;/h7-14,18H,6,15-16H2,1-5H3,(H2,23,24,25);1H. The second-order valence-corrected chi connectivity index (χ2v) is 9.34. The number of guanidine groups is 1. The highest BCUT2D eigenvalue weighted by Crippen LogP contribution is 2.19. The van der Waals surface area contributed by atoms with Gasteiger partial charge in [0, 0.05) is 20.6 Å². The molecule has 1 unspecified atom stereocenters. The molecule has 0 saturated heterocycles. The van der Waals surface area contributed by atoms with Gasteiger partial charge in [0.05, 0.1) is 18.0 Å². The summed E-state index contributed by atoms with van der Waals surface area (Å²) in [4.78, 5) is 4.84. The van der Waals surface area contributed by atoms with Crippen LogP contribution in [0.2, 0.25) is 0 Å². The van der Waals surface area contributed by atoms with Gasteiger partial charge in [-0.1, -0.05) is 30.3 Å². The van der Waals surface area contributed by atoms with E-state index in [1.807, 2.05) is 51.1 Å². The number of hydrogen-bond acceptors (Lipinski definition) is 4. The summed E-state index contributed by atoms with van der Waals surface area (Å²) in [5.41, 5.74) is 1.79. The Bertz CT molecular complexity index is 965. The number of sulfonamides is 1. The molecule has 0 radical (unpaired) electrons. The number of hydrogen-bond donors (Lipinski definition) is 2. The minimum atomic E-state index is -3.53. The van der Waals surface area contributed by atoms with Gasteiger partial charge in [0.25, 0.3) is 0 Å². The third-order valence-corrected chi connectivity index (χ3v) is 6.28. The first kappa shape index (κ1) is 27.2. The molecule has 0 aliphatic heterocycles. The zero-order valence-electron chi connectivity index (χ0n) is 18.8. The number of aliphatic imine (C=N–C) groups is 1. The number of nitrogens with one attached hydrogen (secondary N) is 2. The van der Waals surface area contributed by atoms with Crippen LogP contribution in [0.3, 0.4) is 0 Å². The Morgan fingerprint density at radius 3 is 2.48 bits per heavy atom. The fourth-order valence-electron chi connectivity index (χ4n) is 2.79. The largest absolute Gasteiger partial charge is 0.489 e. The van der Waals surface area contributed by atoms with Crippen LogP contribution in [0.1, 0.15) is 25.0 Å².